The zero-order chi connectivity index (χ0) is 13.0. The number of thioether (sulfide) groups is 1. The Morgan fingerprint density at radius 1 is 1.59 bits per heavy atom. The minimum Gasteiger partial charge on any atom is -0.480 e. The van der Waals surface area contributed by atoms with Gasteiger partial charge in [-0.2, -0.15) is 5.10 Å². The van der Waals surface area contributed by atoms with Gasteiger partial charge in [0.2, 0.25) is 0 Å². The van der Waals surface area contributed by atoms with Crippen LogP contribution in [0.2, 0.25) is 5.02 Å². The topological polar surface area (TPSA) is 55.1 Å². The number of carbonyl (C=O) groups is 1. The Bertz CT molecular complexity index is 406. The molecule has 1 heterocycles. The molecule has 0 aliphatic heterocycles. The van der Waals surface area contributed by atoms with Gasteiger partial charge in [0.05, 0.1) is 21.7 Å². The second kappa shape index (κ2) is 6.31. The van der Waals surface area contributed by atoms with Crippen molar-refractivity contribution in [1.82, 2.24) is 9.78 Å². The molecule has 0 bridgehead atoms. The summed E-state index contributed by atoms with van der Waals surface area (Å²) < 4.78 is 1.85. The lowest BCUT2D eigenvalue weighted by molar-refractivity contribution is -0.136. The molecule has 1 atom stereocenters. The smallest absolute Gasteiger partial charge is 0.316 e. The fraction of sp³-hybridized carbons (Fsp3) is 0.636. The first kappa shape index (κ1) is 14.4. The van der Waals surface area contributed by atoms with Crippen LogP contribution in [-0.2, 0) is 23.5 Å². The van der Waals surface area contributed by atoms with Crippen LogP contribution in [0.4, 0.5) is 0 Å². The largest absolute Gasteiger partial charge is 0.480 e. The molecule has 6 heteroatoms. The summed E-state index contributed by atoms with van der Waals surface area (Å²) >= 11 is 7.59. The summed E-state index contributed by atoms with van der Waals surface area (Å²) in [7, 11) is 0. The molecule has 0 amide bonds. The normalized spacial score (nSPS) is 12.7. The molecule has 96 valence electrons. The zero-order valence-corrected chi connectivity index (χ0v) is 11.8. The third kappa shape index (κ3) is 3.39. The maximum Gasteiger partial charge on any atom is 0.316 e. The van der Waals surface area contributed by atoms with Crippen LogP contribution in [0.3, 0.4) is 0 Å². The Labute approximate surface area is 110 Å². The van der Waals surface area contributed by atoms with Crippen LogP contribution in [0.1, 0.15) is 32.2 Å². The van der Waals surface area contributed by atoms with Gasteiger partial charge in [-0.1, -0.05) is 18.5 Å². The quantitative estimate of drug-likeness (QED) is 0.868. The fourth-order valence-electron chi connectivity index (χ4n) is 1.43. The Hall–Kier alpha value is -0.680. The van der Waals surface area contributed by atoms with Crippen molar-refractivity contribution in [3.8, 4) is 0 Å². The highest BCUT2D eigenvalue weighted by atomic mass is 35.5. The number of hydrogen-bond acceptors (Lipinski definition) is 3. The number of aliphatic carboxylic acids is 1. The summed E-state index contributed by atoms with van der Waals surface area (Å²) in [6.45, 7) is 6.42. The first-order chi connectivity index (χ1) is 8.01. The molecule has 0 spiro atoms. The van der Waals surface area contributed by atoms with Gasteiger partial charge in [0.1, 0.15) is 0 Å². The van der Waals surface area contributed by atoms with E-state index in [1.807, 2.05) is 18.5 Å². The Morgan fingerprint density at radius 3 is 2.71 bits per heavy atom. The molecule has 0 saturated carbocycles. The molecule has 1 rings (SSSR count). The van der Waals surface area contributed by atoms with Crippen molar-refractivity contribution in [2.75, 3.05) is 0 Å². The van der Waals surface area contributed by atoms with Gasteiger partial charge >= 0.3 is 5.97 Å². The Morgan fingerprint density at radius 2 is 2.24 bits per heavy atom. The minimum absolute atomic E-state index is 0.434. The molecule has 0 aliphatic rings. The minimum atomic E-state index is -0.801. The highest BCUT2D eigenvalue weighted by Gasteiger charge is 2.17. The predicted molar refractivity (Wildman–Crippen MR) is 70.7 cm³/mol. The van der Waals surface area contributed by atoms with Crippen molar-refractivity contribution < 1.29 is 9.90 Å². The van der Waals surface area contributed by atoms with Crippen LogP contribution in [0.15, 0.2) is 0 Å². The molecular weight excluding hydrogens is 260 g/mol. The maximum atomic E-state index is 10.7. The van der Waals surface area contributed by atoms with E-state index in [1.54, 1.807) is 6.92 Å². The van der Waals surface area contributed by atoms with E-state index < -0.39 is 11.2 Å². The molecular formula is C11H17ClN2O2S. The summed E-state index contributed by atoms with van der Waals surface area (Å²) in [4.78, 5) is 10.7. The van der Waals surface area contributed by atoms with Crippen LogP contribution in [-0.4, -0.2) is 26.1 Å². The molecule has 0 radical (unpaired) electrons. The van der Waals surface area contributed by atoms with Gasteiger partial charge in [-0.25, -0.2) is 0 Å². The molecule has 0 aromatic carbocycles. The molecule has 1 aromatic rings. The number of carboxylic acids is 1. The number of carboxylic acid groups (broad SMARTS) is 1. The fourth-order valence-corrected chi connectivity index (χ4v) is 2.69. The highest BCUT2D eigenvalue weighted by molar-refractivity contribution is 7.99. The van der Waals surface area contributed by atoms with Gasteiger partial charge in [-0.05, 0) is 20.3 Å². The first-order valence-electron chi connectivity index (χ1n) is 5.59. The van der Waals surface area contributed by atoms with Crippen molar-refractivity contribution in [3.63, 3.8) is 0 Å². The number of nitrogens with zero attached hydrogens (tertiary/aromatic N) is 2. The van der Waals surface area contributed by atoms with Crippen LogP contribution in [0.5, 0.6) is 0 Å². The lowest BCUT2D eigenvalue weighted by atomic mass is 10.3. The van der Waals surface area contributed by atoms with Crippen molar-refractivity contribution in [1.29, 1.82) is 0 Å². The molecule has 1 aromatic heterocycles. The van der Waals surface area contributed by atoms with Crippen LogP contribution >= 0.6 is 23.4 Å². The Balaban J connectivity index is 2.82. The number of aryl methyl sites for hydroxylation is 2. The van der Waals surface area contributed by atoms with Gasteiger partial charge < -0.3 is 5.11 Å². The average molecular weight is 277 g/mol. The summed E-state index contributed by atoms with van der Waals surface area (Å²) in [5, 5.41) is 13.5. The van der Waals surface area contributed by atoms with Crippen LogP contribution in [0, 0.1) is 0 Å². The van der Waals surface area contributed by atoms with Crippen LogP contribution in [0.25, 0.3) is 0 Å². The van der Waals surface area contributed by atoms with Gasteiger partial charge in [-0.15, -0.1) is 11.8 Å². The van der Waals surface area contributed by atoms with Crippen molar-refractivity contribution in [2.45, 2.75) is 44.7 Å². The van der Waals surface area contributed by atoms with E-state index >= 15 is 0 Å². The molecule has 4 nitrogen and oxygen atoms in total. The average Bonchev–Trinajstić information content (AvgIpc) is 2.62. The van der Waals surface area contributed by atoms with E-state index in [2.05, 4.69) is 5.10 Å². The van der Waals surface area contributed by atoms with Crippen molar-refractivity contribution in [2.24, 2.45) is 0 Å². The lowest BCUT2D eigenvalue weighted by Gasteiger charge is -2.07. The van der Waals surface area contributed by atoms with Gasteiger partial charge in [0.25, 0.3) is 0 Å². The SMILES string of the molecule is CCc1nn(CC)c(CSC(C)C(=O)O)c1Cl. The molecule has 0 aliphatic carbocycles. The first-order valence-corrected chi connectivity index (χ1v) is 7.02. The van der Waals surface area contributed by atoms with Gasteiger partial charge in [0, 0.05) is 12.3 Å². The molecule has 1 N–H and O–H groups in total. The van der Waals surface area contributed by atoms with Crippen LogP contribution < -0.4 is 0 Å². The van der Waals surface area contributed by atoms with E-state index in [-0.39, 0.29) is 0 Å². The monoisotopic (exact) mass is 276 g/mol. The lowest BCUT2D eigenvalue weighted by Crippen LogP contribution is -2.12. The zero-order valence-electron chi connectivity index (χ0n) is 10.2. The third-order valence-corrected chi connectivity index (χ3v) is 4.09. The maximum absolute atomic E-state index is 10.7. The van der Waals surface area contributed by atoms with Gasteiger partial charge in [-0.3, -0.25) is 9.48 Å². The van der Waals surface area contributed by atoms with E-state index in [0.717, 1.165) is 24.4 Å². The summed E-state index contributed by atoms with van der Waals surface area (Å²) in [5.74, 6) is -0.225. The number of hydrogen-bond donors (Lipinski definition) is 1. The number of rotatable bonds is 6. The number of halogens is 1. The molecule has 0 saturated heterocycles. The van der Waals surface area contributed by atoms with E-state index in [0.29, 0.717) is 10.8 Å². The summed E-state index contributed by atoms with van der Waals surface area (Å²) in [5.41, 5.74) is 1.80. The Kier molecular flexibility index (Phi) is 5.33. The van der Waals surface area contributed by atoms with E-state index in [4.69, 9.17) is 16.7 Å². The van der Waals surface area contributed by atoms with Crippen molar-refractivity contribution in [3.05, 3.63) is 16.4 Å². The summed E-state index contributed by atoms with van der Waals surface area (Å²) in [6.07, 6.45) is 0.790. The second-order valence-electron chi connectivity index (χ2n) is 3.67. The highest BCUT2D eigenvalue weighted by Crippen LogP contribution is 2.27. The van der Waals surface area contributed by atoms with E-state index in [1.165, 1.54) is 11.8 Å². The standard InChI is InChI=1S/C11H17ClN2O2S/c1-4-8-10(12)9(14(5-2)13-8)6-17-7(3)11(15)16/h7H,4-6H2,1-3H3,(H,15,16). The van der Waals surface area contributed by atoms with E-state index in [9.17, 15) is 4.79 Å². The molecule has 17 heavy (non-hydrogen) atoms. The van der Waals surface area contributed by atoms with Gasteiger partial charge in [0.15, 0.2) is 0 Å². The summed E-state index contributed by atoms with van der Waals surface area (Å²) in [6, 6.07) is 0. The predicted octanol–water partition coefficient (Wildman–Crippen LogP) is 2.83. The molecule has 0 fully saturated rings. The second-order valence-corrected chi connectivity index (χ2v) is 5.38. The molecule has 1 unspecified atom stereocenters. The number of aromatic nitrogens is 2. The third-order valence-electron chi connectivity index (χ3n) is 2.51. The van der Waals surface area contributed by atoms with Crippen molar-refractivity contribution >= 4 is 29.3 Å².